The first-order valence-electron chi connectivity index (χ1n) is 6.63. The normalized spacial score (nSPS) is 12.1. The number of rotatable bonds is 8. The first-order valence-corrected chi connectivity index (χ1v) is 6.63. The summed E-state index contributed by atoms with van der Waals surface area (Å²) in [6.07, 6.45) is 1.41. The van der Waals surface area contributed by atoms with Crippen LogP contribution in [0.4, 0.5) is 0 Å². The van der Waals surface area contributed by atoms with Gasteiger partial charge in [0.15, 0.2) is 0 Å². The third-order valence-corrected chi connectivity index (χ3v) is 2.85. The first-order chi connectivity index (χ1) is 8.74. The maximum atomic E-state index is 11.7. The van der Waals surface area contributed by atoms with Crippen molar-refractivity contribution < 1.29 is 9.53 Å². The Labute approximate surface area is 110 Å². The highest BCUT2D eigenvalue weighted by Crippen LogP contribution is 2.17. The second kappa shape index (κ2) is 8.70. The van der Waals surface area contributed by atoms with Gasteiger partial charge in [-0.1, -0.05) is 37.3 Å². The SMILES string of the molecule is CCOCCCNC(=O)C[C@H](C)c1ccccc1. The topological polar surface area (TPSA) is 38.3 Å². The molecule has 0 radical (unpaired) electrons. The van der Waals surface area contributed by atoms with Gasteiger partial charge in [0.1, 0.15) is 0 Å². The molecule has 0 aliphatic heterocycles. The Morgan fingerprint density at radius 3 is 2.72 bits per heavy atom. The van der Waals surface area contributed by atoms with Crippen LogP contribution in [0, 0.1) is 0 Å². The van der Waals surface area contributed by atoms with Crippen molar-refractivity contribution in [1.29, 1.82) is 0 Å². The minimum atomic E-state index is 0.114. The second-order valence-electron chi connectivity index (χ2n) is 4.42. The molecule has 1 atom stereocenters. The lowest BCUT2D eigenvalue weighted by atomic mass is 9.98. The molecule has 0 saturated heterocycles. The van der Waals surface area contributed by atoms with E-state index in [0.29, 0.717) is 19.6 Å². The number of benzene rings is 1. The largest absolute Gasteiger partial charge is 0.382 e. The zero-order chi connectivity index (χ0) is 13.2. The minimum Gasteiger partial charge on any atom is -0.382 e. The van der Waals surface area contributed by atoms with Crippen molar-refractivity contribution in [3.8, 4) is 0 Å². The molecule has 1 aromatic rings. The fourth-order valence-corrected chi connectivity index (χ4v) is 1.80. The molecule has 1 rings (SSSR count). The highest BCUT2D eigenvalue weighted by atomic mass is 16.5. The lowest BCUT2D eigenvalue weighted by molar-refractivity contribution is -0.121. The van der Waals surface area contributed by atoms with E-state index in [9.17, 15) is 4.79 Å². The number of nitrogens with one attached hydrogen (secondary N) is 1. The second-order valence-corrected chi connectivity index (χ2v) is 4.42. The van der Waals surface area contributed by atoms with Crippen LogP contribution in [0.5, 0.6) is 0 Å². The van der Waals surface area contributed by atoms with E-state index in [2.05, 4.69) is 24.4 Å². The predicted octanol–water partition coefficient (Wildman–Crippen LogP) is 2.72. The summed E-state index contributed by atoms with van der Waals surface area (Å²) in [4.78, 5) is 11.7. The summed E-state index contributed by atoms with van der Waals surface area (Å²) in [5.41, 5.74) is 1.21. The molecular weight excluding hydrogens is 226 g/mol. The van der Waals surface area contributed by atoms with Crippen LogP contribution in [0.25, 0.3) is 0 Å². The Morgan fingerprint density at radius 1 is 1.33 bits per heavy atom. The van der Waals surface area contributed by atoms with Gasteiger partial charge in [0.05, 0.1) is 0 Å². The van der Waals surface area contributed by atoms with Gasteiger partial charge < -0.3 is 10.1 Å². The van der Waals surface area contributed by atoms with Gasteiger partial charge in [0.25, 0.3) is 0 Å². The third-order valence-electron chi connectivity index (χ3n) is 2.85. The Kier molecular flexibility index (Phi) is 7.11. The van der Waals surface area contributed by atoms with Gasteiger partial charge in [0, 0.05) is 26.2 Å². The molecule has 1 aromatic carbocycles. The molecule has 0 fully saturated rings. The monoisotopic (exact) mass is 249 g/mol. The Hall–Kier alpha value is -1.35. The average molecular weight is 249 g/mol. The summed E-state index contributed by atoms with van der Waals surface area (Å²) in [5.74, 6) is 0.376. The van der Waals surface area contributed by atoms with E-state index >= 15 is 0 Å². The van der Waals surface area contributed by atoms with E-state index < -0.39 is 0 Å². The molecule has 0 heterocycles. The van der Waals surface area contributed by atoms with Crippen molar-refractivity contribution in [2.75, 3.05) is 19.8 Å². The molecule has 0 aromatic heterocycles. The van der Waals surface area contributed by atoms with Crippen LogP contribution in [0.2, 0.25) is 0 Å². The van der Waals surface area contributed by atoms with Crippen molar-refractivity contribution in [1.82, 2.24) is 5.32 Å². The standard InChI is InChI=1S/C15H23NO2/c1-3-18-11-7-10-16-15(17)12-13(2)14-8-5-4-6-9-14/h4-6,8-9,13H,3,7,10-12H2,1-2H3,(H,16,17)/t13-/m0/s1. The molecule has 0 spiro atoms. The zero-order valence-corrected chi connectivity index (χ0v) is 11.3. The van der Waals surface area contributed by atoms with E-state index in [1.165, 1.54) is 5.56 Å². The summed E-state index contributed by atoms with van der Waals surface area (Å²) in [5, 5.41) is 2.92. The number of hydrogen-bond acceptors (Lipinski definition) is 2. The Morgan fingerprint density at radius 2 is 2.06 bits per heavy atom. The van der Waals surface area contributed by atoms with Gasteiger partial charge in [0.2, 0.25) is 5.91 Å². The number of hydrogen-bond donors (Lipinski definition) is 1. The summed E-state index contributed by atoms with van der Waals surface area (Å²) < 4.78 is 5.21. The van der Waals surface area contributed by atoms with Gasteiger partial charge in [-0.3, -0.25) is 4.79 Å². The van der Waals surface area contributed by atoms with E-state index in [-0.39, 0.29) is 11.8 Å². The van der Waals surface area contributed by atoms with Crippen molar-refractivity contribution in [3.63, 3.8) is 0 Å². The fraction of sp³-hybridized carbons (Fsp3) is 0.533. The Balaban J connectivity index is 2.20. The molecule has 0 aliphatic carbocycles. The van der Waals surface area contributed by atoms with Crippen molar-refractivity contribution in [2.24, 2.45) is 0 Å². The molecular formula is C15H23NO2. The predicted molar refractivity (Wildman–Crippen MR) is 73.6 cm³/mol. The maximum Gasteiger partial charge on any atom is 0.220 e. The molecule has 0 unspecified atom stereocenters. The van der Waals surface area contributed by atoms with E-state index in [0.717, 1.165) is 13.0 Å². The van der Waals surface area contributed by atoms with E-state index in [4.69, 9.17) is 4.74 Å². The van der Waals surface area contributed by atoms with Crippen LogP contribution in [0.15, 0.2) is 30.3 Å². The lowest BCUT2D eigenvalue weighted by Crippen LogP contribution is -2.26. The molecule has 0 bridgehead atoms. The van der Waals surface area contributed by atoms with Crippen LogP contribution in [0.3, 0.4) is 0 Å². The molecule has 100 valence electrons. The molecule has 0 saturated carbocycles. The van der Waals surface area contributed by atoms with Crippen LogP contribution < -0.4 is 5.32 Å². The summed E-state index contributed by atoms with van der Waals surface area (Å²) in [6.45, 7) is 6.19. The number of carbonyl (C=O) groups is 1. The number of amides is 1. The van der Waals surface area contributed by atoms with Crippen LogP contribution in [-0.4, -0.2) is 25.7 Å². The van der Waals surface area contributed by atoms with Gasteiger partial charge in [-0.15, -0.1) is 0 Å². The fourth-order valence-electron chi connectivity index (χ4n) is 1.80. The van der Waals surface area contributed by atoms with Crippen LogP contribution in [0.1, 0.15) is 38.2 Å². The minimum absolute atomic E-state index is 0.114. The first kappa shape index (κ1) is 14.7. The molecule has 1 N–H and O–H groups in total. The highest BCUT2D eigenvalue weighted by molar-refractivity contribution is 5.76. The summed E-state index contributed by atoms with van der Waals surface area (Å²) >= 11 is 0. The van der Waals surface area contributed by atoms with Crippen molar-refractivity contribution >= 4 is 5.91 Å². The van der Waals surface area contributed by atoms with E-state index in [1.807, 2.05) is 25.1 Å². The molecule has 0 aliphatic rings. The van der Waals surface area contributed by atoms with Gasteiger partial charge in [-0.2, -0.15) is 0 Å². The molecule has 18 heavy (non-hydrogen) atoms. The van der Waals surface area contributed by atoms with Crippen molar-refractivity contribution in [3.05, 3.63) is 35.9 Å². The lowest BCUT2D eigenvalue weighted by Gasteiger charge is -2.11. The Bertz CT molecular complexity index is 338. The smallest absolute Gasteiger partial charge is 0.220 e. The summed E-state index contributed by atoms with van der Waals surface area (Å²) in [6, 6.07) is 10.1. The van der Waals surface area contributed by atoms with E-state index in [1.54, 1.807) is 0 Å². The number of carbonyl (C=O) groups excluding carboxylic acids is 1. The van der Waals surface area contributed by atoms with Crippen LogP contribution >= 0.6 is 0 Å². The molecule has 3 nitrogen and oxygen atoms in total. The molecule has 3 heteroatoms. The molecule has 1 amide bonds. The van der Waals surface area contributed by atoms with Gasteiger partial charge in [-0.05, 0) is 24.8 Å². The zero-order valence-electron chi connectivity index (χ0n) is 11.3. The quantitative estimate of drug-likeness (QED) is 0.719. The third kappa shape index (κ3) is 5.82. The van der Waals surface area contributed by atoms with Gasteiger partial charge in [-0.25, -0.2) is 0 Å². The maximum absolute atomic E-state index is 11.7. The van der Waals surface area contributed by atoms with Gasteiger partial charge >= 0.3 is 0 Å². The number of ether oxygens (including phenoxy) is 1. The van der Waals surface area contributed by atoms with Crippen LogP contribution in [-0.2, 0) is 9.53 Å². The summed E-state index contributed by atoms with van der Waals surface area (Å²) in [7, 11) is 0. The highest BCUT2D eigenvalue weighted by Gasteiger charge is 2.10. The van der Waals surface area contributed by atoms with Crippen molar-refractivity contribution in [2.45, 2.75) is 32.6 Å². The average Bonchev–Trinajstić information content (AvgIpc) is 2.39.